The van der Waals surface area contributed by atoms with Gasteiger partial charge in [0, 0.05) is 4.90 Å². The zero-order valence-corrected chi connectivity index (χ0v) is 8.60. The summed E-state index contributed by atoms with van der Waals surface area (Å²) in [6, 6.07) is 3.13. The Morgan fingerprint density at radius 2 is 2.43 bits per heavy atom. The van der Waals surface area contributed by atoms with E-state index in [1.165, 1.54) is 17.8 Å². The van der Waals surface area contributed by atoms with Crippen molar-refractivity contribution >= 4 is 24.3 Å². The van der Waals surface area contributed by atoms with E-state index in [1.807, 2.05) is 6.92 Å². The summed E-state index contributed by atoms with van der Waals surface area (Å²) < 4.78 is 18.4. The van der Waals surface area contributed by atoms with Crippen LogP contribution in [0.2, 0.25) is 0 Å². The number of fused-ring (bicyclic) bond motifs is 1. The van der Waals surface area contributed by atoms with Gasteiger partial charge in [-0.25, -0.2) is 4.39 Å². The predicted molar refractivity (Wildman–Crippen MR) is 55.2 cm³/mol. The van der Waals surface area contributed by atoms with Gasteiger partial charge in [0.25, 0.3) is 0 Å². The van der Waals surface area contributed by atoms with Gasteiger partial charge in [0.1, 0.15) is 5.82 Å². The van der Waals surface area contributed by atoms with Crippen LogP contribution >= 0.6 is 11.8 Å². The molecule has 1 N–H and O–H groups in total. The number of thioether (sulfide) groups is 1. The third-order valence-corrected chi connectivity index (χ3v) is 3.07. The van der Waals surface area contributed by atoms with Gasteiger partial charge in [-0.2, -0.15) is 0 Å². The highest BCUT2D eigenvalue weighted by Gasteiger charge is 2.28. The lowest BCUT2D eigenvalue weighted by molar-refractivity contribution is 0.275. The maximum atomic E-state index is 13.4. The molecule has 14 heavy (non-hydrogen) atoms. The molecule has 0 atom stereocenters. The maximum Gasteiger partial charge on any atom is 0.491 e. The average Bonchev–Trinajstić information content (AvgIpc) is 2.49. The van der Waals surface area contributed by atoms with E-state index in [9.17, 15) is 9.41 Å². The Bertz CT molecular complexity index is 359. The first-order valence-corrected chi connectivity index (χ1v) is 5.45. The van der Waals surface area contributed by atoms with E-state index in [1.54, 1.807) is 6.07 Å². The smallest absolute Gasteiger partial charge is 0.423 e. The molecule has 2 nitrogen and oxygen atoms in total. The second kappa shape index (κ2) is 3.92. The van der Waals surface area contributed by atoms with E-state index in [0.717, 1.165) is 11.3 Å². The zero-order chi connectivity index (χ0) is 10.1. The highest BCUT2D eigenvalue weighted by atomic mass is 32.2. The van der Waals surface area contributed by atoms with Crippen LogP contribution in [-0.2, 0) is 11.3 Å². The van der Waals surface area contributed by atoms with Crippen LogP contribution in [0, 0.1) is 5.82 Å². The monoisotopic (exact) mass is 212 g/mol. The fourth-order valence-electron chi connectivity index (χ4n) is 1.49. The highest BCUT2D eigenvalue weighted by Crippen LogP contribution is 2.23. The molecule has 0 fully saturated rings. The van der Waals surface area contributed by atoms with Crippen LogP contribution in [-0.4, -0.2) is 17.9 Å². The molecule has 0 aromatic heterocycles. The van der Waals surface area contributed by atoms with Gasteiger partial charge in [0.05, 0.1) is 6.61 Å². The van der Waals surface area contributed by atoms with Gasteiger partial charge in [-0.1, -0.05) is 6.92 Å². The lowest BCUT2D eigenvalue weighted by atomic mass is 9.80. The molecular weight excluding hydrogens is 202 g/mol. The van der Waals surface area contributed by atoms with Crippen LogP contribution < -0.4 is 5.46 Å². The molecule has 0 saturated carbocycles. The minimum absolute atomic E-state index is 0.228. The molecule has 1 aliphatic heterocycles. The minimum Gasteiger partial charge on any atom is -0.423 e. The van der Waals surface area contributed by atoms with Crippen LogP contribution in [0.3, 0.4) is 0 Å². The van der Waals surface area contributed by atoms with Crippen molar-refractivity contribution in [1.29, 1.82) is 0 Å². The van der Waals surface area contributed by atoms with Crippen LogP contribution in [0.1, 0.15) is 12.5 Å². The lowest BCUT2D eigenvalue weighted by Gasteiger charge is -2.04. The third-order valence-electron chi connectivity index (χ3n) is 2.16. The largest absolute Gasteiger partial charge is 0.491 e. The van der Waals surface area contributed by atoms with E-state index in [2.05, 4.69) is 0 Å². The summed E-state index contributed by atoms with van der Waals surface area (Å²) in [5.74, 6) is 0.584. The van der Waals surface area contributed by atoms with Gasteiger partial charge in [-0.15, -0.1) is 11.8 Å². The topological polar surface area (TPSA) is 29.5 Å². The van der Waals surface area contributed by atoms with Crippen LogP contribution in [0.15, 0.2) is 17.0 Å². The summed E-state index contributed by atoms with van der Waals surface area (Å²) in [6.45, 7) is 2.26. The number of benzene rings is 1. The summed E-state index contributed by atoms with van der Waals surface area (Å²) in [5.41, 5.74) is 1.44. The second-order valence-corrected chi connectivity index (χ2v) is 4.38. The van der Waals surface area contributed by atoms with Crippen molar-refractivity contribution in [3.05, 3.63) is 23.5 Å². The summed E-state index contributed by atoms with van der Waals surface area (Å²) in [5, 5.41) is 9.41. The molecular formula is C9H10BFO2S. The average molecular weight is 212 g/mol. The highest BCUT2D eigenvalue weighted by molar-refractivity contribution is 7.99. The predicted octanol–water partition coefficient (Wildman–Crippen LogP) is 1.16. The minimum atomic E-state index is -0.887. The Hall–Kier alpha value is -0.515. The van der Waals surface area contributed by atoms with Gasteiger partial charge in [0.2, 0.25) is 0 Å². The van der Waals surface area contributed by atoms with Crippen LogP contribution in [0.5, 0.6) is 0 Å². The normalized spacial score (nSPS) is 14.6. The lowest BCUT2D eigenvalue weighted by Crippen LogP contribution is -2.28. The summed E-state index contributed by atoms with van der Waals surface area (Å²) in [4.78, 5) is 0.579. The van der Waals surface area contributed by atoms with Crippen molar-refractivity contribution in [3.8, 4) is 0 Å². The molecule has 1 aliphatic rings. The molecule has 0 aliphatic carbocycles. The van der Waals surface area contributed by atoms with Crippen molar-refractivity contribution in [3.63, 3.8) is 0 Å². The van der Waals surface area contributed by atoms with Crippen LogP contribution in [0.4, 0.5) is 4.39 Å². The van der Waals surface area contributed by atoms with Crippen molar-refractivity contribution in [2.24, 2.45) is 0 Å². The maximum absolute atomic E-state index is 13.4. The number of hydrogen-bond acceptors (Lipinski definition) is 3. The Morgan fingerprint density at radius 1 is 1.64 bits per heavy atom. The molecule has 0 spiro atoms. The van der Waals surface area contributed by atoms with E-state index < -0.39 is 7.12 Å². The molecule has 0 radical (unpaired) electrons. The van der Waals surface area contributed by atoms with Crippen LogP contribution in [0.25, 0.3) is 0 Å². The van der Waals surface area contributed by atoms with E-state index in [-0.39, 0.29) is 5.82 Å². The summed E-state index contributed by atoms with van der Waals surface area (Å²) in [6.07, 6.45) is 0. The van der Waals surface area contributed by atoms with Crippen molar-refractivity contribution < 1.29 is 14.1 Å². The first-order valence-electron chi connectivity index (χ1n) is 4.47. The van der Waals surface area contributed by atoms with Gasteiger partial charge in [0.15, 0.2) is 0 Å². The molecule has 1 aromatic carbocycles. The molecule has 1 aromatic rings. The molecule has 2 rings (SSSR count). The standard InChI is InChI=1S/C9H10BFO2S/c1-2-14-9-4-7-6(3-8(9)11)5-13-10(7)12/h3-4,12H,2,5H2,1H3. The molecule has 1 heterocycles. The first-order chi connectivity index (χ1) is 6.72. The molecule has 0 saturated heterocycles. The Kier molecular flexibility index (Phi) is 2.81. The van der Waals surface area contributed by atoms with E-state index in [4.69, 9.17) is 4.65 Å². The molecule has 0 bridgehead atoms. The summed E-state index contributed by atoms with van der Waals surface area (Å²) >= 11 is 1.43. The van der Waals surface area contributed by atoms with Crippen molar-refractivity contribution in [1.82, 2.24) is 0 Å². The van der Waals surface area contributed by atoms with Crippen molar-refractivity contribution in [2.75, 3.05) is 5.75 Å². The SMILES string of the molecule is CCSc1cc2c(cc1F)COB2O. The molecule has 0 amide bonds. The van der Waals surface area contributed by atoms with Gasteiger partial charge < -0.3 is 9.68 Å². The first kappa shape index (κ1) is 10.0. The fraction of sp³-hybridized carbons (Fsp3) is 0.333. The van der Waals surface area contributed by atoms with Crippen molar-refractivity contribution in [2.45, 2.75) is 18.4 Å². The van der Waals surface area contributed by atoms with E-state index in [0.29, 0.717) is 17.0 Å². The molecule has 5 heteroatoms. The van der Waals surface area contributed by atoms with Gasteiger partial charge in [-0.3, -0.25) is 0 Å². The summed E-state index contributed by atoms with van der Waals surface area (Å²) in [7, 11) is -0.887. The number of halogens is 1. The number of hydrogen-bond donors (Lipinski definition) is 1. The van der Waals surface area contributed by atoms with Gasteiger partial charge in [-0.05, 0) is 28.9 Å². The van der Waals surface area contributed by atoms with Gasteiger partial charge >= 0.3 is 7.12 Å². The third kappa shape index (κ3) is 1.67. The Morgan fingerprint density at radius 3 is 3.14 bits per heavy atom. The Labute approximate surface area is 86.6 Å². The Balaban J connectivity index is 2.41. The van der Waals surface area contributed by atoms with E-state index >= 15 is 0 Å². The fourth-order valence-corrected chi connectivity index (χ4v) is 2.21. The second-order valence-electron chi connectivity index (χ2n) is 3.08. The quantitative estimate of drug-likeness (QED) is 0.589. The number of rotatable bonds is 2. The molecule has 0 unspecified atom stereocenters. The zero-order valence-electron chi connectivity index (χ0n) is 7.79. The molecule has 74 valence electrons.